The first-order valence-corrected chi connectivity index (χ1v) is 10.3. The number of rotatable bonds is 5. The van der Waals surface area contributed by atoms with Gasteiger partial charge < -0.3 is 5.32 Å². The van der Waals surface area contributed by atoms with Crippen molar-refractivity contribution in [2.75, 3.05) is 13.1 Å². The highest BCUT2D eigenvalue weighted by Gasteiger charge is 2.27. The predicted molar refractivity (Wildman–Crippen MR) is 99.7 cm³/mol. The van der Waals surface area contributed by atoms with E-state index < -0.39 is 10.0 Å². The van der Waals surface area contributed by atoms with Crippen molar-refractivity contribution in [3.63, 3.8) is 0 Å². The van der Waals surface area contributed by atoms with E-state index in [1.54, 1.807) is 12.1 Å². The first kappa shape index (κ1) is 18.1. The van der Waals surface area contributed by atoms with Gasteiger partial charge in [-0.2, -0.15) is 4.31 Å². The van der Waals surface area contributed by atoms with Gasteiger partial charge in [-0.15, -0.1) is 0 Å². The van der Waals surface area contributed by atoms with Crippen molar-refractivity contribution in [2.45, 2.75) is 24.3 Å². The van der Waals surface area contributed by atoms with E-state index in [1.807, 2.05) is 24.3 Å². The SMILES string of the molecule is O=C(NCc1cccc(Br)c1)c1ccc(S(=O)(=O)N2CCCC2)cc1. The Balaban J connectivity index is 1.66. The smallest absolute Gasteiger partial charge is 0.251 e. The first-order valence-electron chi connectivity index (χ1n) is 8.10. The fourth-order valence-electron chi connectivity index (χ4n) is 2.79. The summed E-state index contributed by atoms with van der Waals surface area (Å²) < 4.78 is 27.4. The number of benzene rings is 2. The van der Waals surface area contributed by atoms with Crippen LogP contribution in [0.4, 0.5) is 0 Å². The lowest BCUT2D eigenvalue weighted by atomic mass is 10.2. The van der Waals surface area contributed by atoms with Crippen LogP contribution in [0.2, 0.25) is 0 Å². The first-order chi connectivity index (χ1) is 12.0. The number of hydrogen-bond donors (Lipinski definition) is 1. The highest BCUT2D eigenvalue weighted by molar-refractivity contribution is 9.10. The maximum Gasteiger partial charge on any atom is 0.251 e. The average Bonchev–Trinajstić information content (AvgIpc) is 3.15. The number of nitrogens with zero attached hydrogens (tertiary/aromatic N) is 1. The average molecular weight is 423 g/mol. The number of halogens is 1. The lowest BCUT2D eigenvalue weighted by molar-refractivity contribution is 0.0951. The second kappa shape index (κ2) is 7.68. The molecule has 0 unspecified atom stereocenters. The molecular formula is C18H19BrN2O3S. The minimum absolute atomic E-state index is 0.231. The molecule has 1 N–H and O–H groups in total. The molecule has 1 aliphatic rings. The Morgan fingerprint density at radius 2 is 1.76 bits per heavy atom. The number of carbonyl (C=O) groups is 1. The molecule has 0 atom stereocenters. The van der Waals surface area contributed by atoms with Crippen LogP contribution in [0.25, 0.3) is 0 Å². The van der Waals surface area contributed by atoms with E-state index in [2.05, 4.69) is 21.2 Å². The second-order valence-electron chi connectivity index (χ2n) is 5.95. The van der Waals surface area contributed by atoms with E-state index in [0.717, 1.165) is 22.9 Å². The Morgan fingerprint density at radius 1 is 1.08 bits per heavy atom. The second-order valence-corrected chi connectivity index (χ2v) is 8.80. The van der Waals surface area contributed by atoms with Gasteiger partial charge in [0.25, 0.3) is 5.91 Å². The molecule has 2 aromatic rings. The van der Waals surface area contributed by atoms with Crippen LogP contribution in [-0.2, 0) is 16.6 Å². The highest BCUT2D eigenvalue weighted by Crippen LogP contribution is 2.21. The van der Waals surface area contributed by atoms with Gasteiger partial charge in [0, 0.05) is 29.7 Å². The van der Waals surface area contributed by atoms with E-state index >= 15 is 0 Å². The molecule has 0 aliphatic carbocycles. The minimum atomic E-state index is -3.44. The van der Waals surface area contributed by atoms with Crippen LogP contribution in [-0.4, -0.2) is 31.7 Å². The third-order valence-electron chi connectivity index (χ3n) is 4.16. The van der Waals surface area contributed by atoms with E-state index in [9.17, 15) is 13.2 Å². The molecular weight excluding hydrogens is 404 g/mol. The van der Waals surface area contributed by atoms with E-state index in [-0.39, 0.29) is 10.8 Å². The van der Waals surface area contributed by atoms with Gasteiger partial charge in [0.15, 0.2) is 0 Å². The van der Waals surface area contributed by atoms with Crippen LogP contribution in [0.15, 0.2) is 57.9 Å². The van der Waals surface area contributed by atoms with Gasteiger partial charge in [-0.1, -0.05) is 28.1 Å². The van der Waals surface area contributed by atoms with Gasteiger partial charge in [-0.25, -0.2) is 8.42 Å². The molecule has 3 rings (SSSR count). The van der Waals surface area contributed by atoms with Crippen molar-refractivity contribution in [3.8, 4) is 0 Å². The molecule has 0 aromatic heterocycles. The Bertz CT molecular complexity index is 860. The number of nitrogens with one attached hydrogen (secondary N) is 1. The number of carbonyl (C=O) groups excluding carboxylic acids is 1. The van der Waals surface area contributed by atoms with Crippen molar-refractivity contribution in [1.82, 2.24) is 9.62 Å². The summed E-state index contributed by atoms with van der Waals surface area (Å²) in [4.78, 5) is 12.5. The molecule has 0 radical (unpaired) electrons. The van der Waals surface area contributed by atoms with E-state index in [4.69, 9.17) is 0 Å². The molecule has 0 spiro atoms. The van der Waals surface area contributed by atoms with Gasteiger partial charge >= 0.3 is 0 Å². The third-order valence-corrected chi connectivity index (χ3v) is 6.57. The molecule has 5 nitrogen and oxygen atoms in total. The molecule has 0 bridgehead atoms. The fourth-order valence-corrected chi connectivity index (χ4v) is 4.75. The molecule has 132 valence electrons. The monoisotopic (exact) mass is 422 g/mol. The summed E-state index contributed by atoms with van der Waals surface area (Å²) in [6.45, 7) is 1.54. The molecule has 1 saturated heterocycles. The molecule has 7 heteroatoms. The number of sulfonamides is 1. The molecule has 1 amide bonds. The maximum atomic E-state index is 12.5. The zero-order valence-corrected chi connectivity index (χ0v) is 16.0. The summed E-state index contributed by atoms with van der Waals surface area (Å²) in [7, 11) is -3.44. The molecule has 1 heterocycles. The molecule has 1 aliphatic heterocycles. The Kier molecular flexibility index (Phi) is 5.56. The van der Waals surface area contributed by atoms with Crippen LogP contribution in [0.5, 0.6) is 0 Å². The summed E-state index contributed by atoms with van der Waals surface area (Å²) >= 11 is 3.39. The van der Waals surface area contributed by atoms with Crippen molar-refractivity contribution in [3.05, 3.63) is 64.1 Å². The molecule has 0 saturated carbocycles. The number of amides is 1. The zero-order valence-electron chi connectivity index (χ0n) is 13.6. The molecule has 2 aromatic carbocycles. The predicted octanol–water partition coefficient (Wildman–Crippen LogP) is 3.16. The fraction of sp³-hybridized carbons (Fsp3) is 0.278. The van der Waals surface area contributed by atoms with Crippen LogP contribution >= 0.6 is 15.9 Å². The third kappa shape index (κ3) is 4.29. The normalized spacial score (nSPS) is 15.2. The van der Waals surface area contributed by atoms with Crippen LogP contribution in [0, 0.1) is 0 Å². The quantitative estimate of drug-likeness (QED) is 0.804. The van der Waals surface area contributed by atoms with Gasteiger partial charge in [-0.3, -0.25) is 4.79 Å². The minimum Gasteiger partial charge on any atom is -0.348 e. The Hall–Kier alpha value is -1.70. The Labute approximate surface area is 156 Å². The van der Waals surface area contributed by atoms with Crippen molar-refractivity contribution >= 4 is 31.9 Å². The van der Waals surface area contributed by atoms with Crippen LogP contribution in [0.3, 0.4) is 0 Å². The maximum absolute atomic E-state index is 12.5. The summed E-state index contributed by atoms with van der Waals surface area (Å²) in [5, 5.41) is 2.84. The molecule has 1 fully saturated rings. The van der Waals surface area contributed by atoms with Gasteiger partial charge in [0.2, 0.25) is 10.0 Å². The van der Waals surface area contributed by atoms with E-state index in [0.29, 0.717) is 25.2 Å². The standard InChI is InChI=1S/C18H19BrN2O3S/c19-16-5-3-4-14(12-16)13-20-18(22)15-6-8-17(9-7-15)25(23,24)21-10-1-2-11-21/h3-9,12H,1-2,10-11,13H2,(H,20,22). The topological polar surface area (TPSA) is 66.5 Å². The van der Waals surface area contributed by atoms with E-state index in [1.165, 1.54) is 16.4 Å². The molecule has 25 heavy (non-hydrogen) atoms. The summed E-state index contributed by atoms with van der Waals surface area (Å²) in [6, 6.07) is 13.8. The van der Waals surface area contributed by atoms with Gasteiger partial charge in [0.05, 0.1) is 4.90 Å². The van der Waals surface area contributed by atoms with Crippen molar-refractivity contribution in [2.24, 2.45) is 0 Å². The highest BCUT2D eigenvalue weighted by atomic mass is 79.9. The van der Waals surface area contributed by atoms with Gasteiger partial charge in [0.1, 0.15) is 0 Å². The Morgan fingerprint density at radius 3 is 2.40 bits per heavy atom. The largest absolute Gasteiger partial charge is 0.348 e. The van der Waals surface area contributed by atoms with Crippen LogP contribution in [0.1, 0.15) is 28.8 Å². The summed E-state index contributed by atoms with van der Waals surface area (Å²) in [5.74, 6) is -0.231. The zero-order chi connectivity index (χ0) is 17.9. The summed E-state index contributed by atoms with van der Waals surface area (Å²) in [6.07, 6.45) is 1.80. The lowest BCUT2D eigenvalue weighted by Crippen LogP contribution is -2.28. The van der Waals surface area contributed by atoms with Crippen molar-refractivity contribution in [1.29, 1.82) is 0 Å². The van der Waals surface area contributed by atoms with Gasteiger partial charge in [-0.05, 0) is 54.8 Å². The lowest BCUT2D eigenvalue weighted by Gasteiger charge is -2.15. The van der Waals surface area contributed by atoms with Crippen molar-refractivity contribution < 1.29 is 13.2 Å². The van der Waals surface area contributed by atoms with Crippen LogP contribution < -0.4 is 5.32 Å². The summed E-state index contributed by atoms with van der Waals surface area (Å²) in [5.41, 5.74) is 1.42. The number of hydrogen-bond acceptors (Lipinski definition) is 3.